The van der Waals surface area contributed by atoms with Crippen molar-refractivity contribution in [3.8, 4) is 17.2 Å². The first kappa shape index (κ1) is 22.1. The number of oxazole rings is 1. The number of hydrogen-bond donors (Lipinski definition) is 0. The molecule has 0 spiro atoms. The highest BCUT2D eigenvalue weighted by Gasteiger charge is 2.30. The fourth-order valence-corrected chi connectivity index (χ4v) is 5.91. The minimum Gasteiger partial charge on any atom is -0.492 e. The number of aryl methyl sites for hydroxylation is 2. The van der Waals surface area contributed by atoms with Crippen molar-refractivity contribution in [2.45, 2.75) is 31.5 Å². The van der Waals surface area contributed by atoms with Crippen molar-refractivity contribution < 1.29 is 17.6 Å². The summed E-state index contributed by atoms with van der Waals surface area (Å²) in [5, 5.41) is 1.75. The summed E-state index contributed by atoms with van der Waals surface area (Å²) >= 11 is 1.18. The third-order valence-electron chi connectivity index (χ3n) is 4.92. The summed E-state index contributed by atoms with van der Waals surface area (Å²) in [5.74, 6) is 1.53. The fraction of sp³-hybridized carbons (Fsp3) is 0.208. The van der Waals surface area contributed by atoms with E-state index in [1.807, 2.05) is 44.2 Å². The third kappa shape index (κ3) is 4.42. The van der Waals surface area contributed by atoms with E-state index in [9.17, 15) is 8.42 Å². The lowest BCUT2D eigenvalue weighted by molar-refractivity contribution is 0.341. The molecule has 0 aliphatic heterocycles. The molecule has 0 saturated carbocycles. The Bertz CT molecular complexity index is 1310. The van der Waals surface area contributed by atoms with Crippen LogP contribution in [0.25, 0.3) is 11.5 Å². The smallest absolute Gasteiger partial charge is 0.274 e. The number of sulfonamides is 1. The second-order valence-electron chi connectivity index (χ2n) is 7.24. The minimum atomic E-state index is -3.84. The van der Waals surface area contributed by atoms with E-state index in [1.165, 1.54) is 15.6 Å². The average Bonchev–Trinajstić information content (AvgIpc) is 3.44. The molecule has 32 heavy (non-hydrogen) atoms. The summed E-state index contributed by atoms with van der Waals surface area (Å²) in [6.45, 7) is 6.10. The standard InChI is InChI=1S/C24H24N2O4S2/c1-4-29-22-12-6-5-11-21(22)26(32(27,28)23-13-8-14-31-23)16-20-18(3)30-24(25-20)19-10-7-9-17(2)15-19/h5-15H,4,16H2,1-3H3. The number of benzene rings is 2. The Morgan fingerprint density at radius 3 is 2.59 bits per heavy atom. The van der Waals surface area contributed by atoms with Crippen molar-refractivity contribution in [3.63, 3.8) is 0 Å². The van der Waals surface area contributed by atoms with Crippen LogP contribution in [0.5, 0.6) is 5.75 Å². The van der Waals surface area contributed by atoms with Gasteiger partial charge in [0, 0.05) is 5.56 Å². The number of ether oxygens (including phenoxy) is 1. The molecular weight excluding hydrogens is 444 g/mol. The molecule has 4 aromatic rings. The zero-order chi connectivity index (χ0) is 22.7. The minimum absolute atomic E-state index is 0.0193. The molecule has 0 N–H and O–H groups in total. The van der Waals surface area contributed by atoms with Crippen LogP contribution in [0.3, 0.4) is 0 Å². The van der Waals surface area contributed by atoms with Crippen LogP contribution in [0.15, 0.2) is 74.7 Å². The molecule has 0 aliphatic carbocycles. The van der Waals surface area contributed by atoms with Gasteiger partial charge in [-0.1, -0.05) is 35.9 Å². The maximum Gasteiger partial charge on any atom is 0.274 e. The Balaban J connectivity index is 1.79. The lowest BCUT2D eigenvalue weighted by Crippen LogP contribution is -2.31. The first-order valence-corrected chi connectivity index (χ1v) is 12.5. The van der Waals surface area contributed by atoms with E-state index >= 15 is 0 Å². The van der Waals surface area contributed by atoms with E-state index < -0.39 is 10.0 Å². The van der Waals surface area contributed by atoms with Gasteiger partial charge < -0.3 is 9.15 Å². The van der Waals surface area contributed by atoms with Gasteiger partial charge in [-0.15, -0.1) is 11.3 Å². The van der Waals surface area contributed by atoms with Crippen LogP contribution in [-0.2, 0) is 16.6 Å². The van der Waals surface area contributed by atoms with Crippen molar-refractivity contribution >= 4 is 27.0 Å². The van der Waals surface area contributed by atoms with Gasteiger partial charge in [0.1, 0.15) is 21.4 Å². The van der Waals surface area contributed by atoms with Gasteiger partial charge in [0.05, 0.1) is 18.8 Å². The molecule has 2 heterocycles. The predicted molar refractivity (Wildman–Crippen MR) is 127 cm³/mol. The van der Waals surface area contributed by atoms with E-state index in [0.717, 1.165) is 11.1 Å². The molecule has 0 atom stereocenters. The number of anilines is 1. The van der Waals surface area contributed by atoms with Gasteiger partial charge in [-0.3, -0.25) is 4.31 Å². The predicted octanol–water partition coefficient (Wildman–Crippen LogP) is 5.81. The van der Waals surface area contributed by atoms with E-state index in [2.05, 4.69) is 4.98 Å². The molecule has 0 bridgehead atoms. The fourth-order valence-electron chi connectivity index (χ4n) is 3.37. The van der Waals surface area contributed by atoms with Gasteiger partial charge in [0.25, 0.3) is 10.0 Å². The van der Waals surface area contributed by atoms with Crippen molar-refractivity contribution in [1.82, 2.24) is 4.98 Å². The highest BCUT2D eigenvalue weighted by Crippen LogP contribution is 2.35. The molecular formula is C24H24N2O4S2. The van der Waals surface area contributed by atoms with Crippen LogP contribution in [0.1, 0.15) is 23.9 Å². The van der Waals surface area contributed by atoms with Crippen LogP contribution < -0.4 is 9.04 Å². The zero-order valence-corrected chi connectivity index (χ0v) is 19.7. The quantitative estimate of drug-likeness (QED) is 0.326. The molecule has 166 valence electrons. The second-order valence-corrected chi connectivity index (χ2v) is 10.3. The lowest BCUT2D eigenvalue weighted by atomic mass is 10.1. The molecule has 0 radical (unpaired) electrons. The Kier molecular flexibility index (Phi) is 6.34. The molecule has 8 heteroatoms. The average molecular weight is 469 g/mol. The van der Waals surface area contributed by atoms with Crippen LogP contribution >= 0.6 is 11.3 Å². The van der Waals surface area contributed by atoms with Gasteiger partial charge in [0.2, 0.25) is 5.89 Å². The van der Waals surface area contributed by atoms with Gasteiger partial charge in [-0.05, 0) is 56.5 Å². The van der Waals surface area contributed by atoms with E-state index in [1.54, 1.807) is 42.6 Å². The van der Waals surface area contributed by atoms with Crippen LogP contribution in [0, 0.1) is 13.8 Å². The van der Waals surface area contributed by atoms with Crippen molar-refractivity contribution in [1.29, 1.82) is 0 Å². The molecule has 2 aromatic heterocycles. The molecule has 6 nitrogen and oxygen atoms in total. The molecule has 0 unspecified atom stereocenters. The van der Waals surface area contributed by atoms with E-state index in [-0.39, 0.29) is 10.8 Å². The topological polar surface area (TPSA) is 72.6 Å². The maximum atomic E-state index is 13.6. The van der Waals surface area contributed by atoms with Crippen molar-refractivity contribution in [2.75, 3.05) is 10.9 Å². The first-order chi connectivity index (χ1) is 15.4. The van der Waals surface area contributed by atoms with E-state index in [0.29, 0.717) is 35.4 Å². The number of thiophene rings is 1. The summed E-state index contributed by atoms with van der Waals surface area (Å²) in [5.41, 5.74) is 2.95. The second kappa shape index (κ2) is 9.18. The normalized spacial score (nSPS) is 11.5. The number of nitrogens with zero attached hydrogens (tertiary/aromatic N) is 2. The third-order valence-corrected chi connectivity index (χ3v) is 8.06. The van der Waals surface area contributed by atoms with Crippen LogP contribution in [-0.4, -0.2) is 20.0 Å². The summed E-state index contributed by atoms with van der Waals surface area (Å²) in [7, 11) is -3.84. The molecule has 0 saturated heterocycles. The molecule has 0 fully saturated rings. The summed E-state index contributed by atoms with van der Waals surface area (Å²) in [6, 6.07) is 18.3. The molecule has 2 aromatic carbocycles. The van der Waals surface area contributed by atoms with Gasteiger partial charge >= 0.3 is 0 Å². The zero-order valence-electron chi connectivity index (χ0n) is 18.1. The highest BCUT2D eigenvalue weighted by molar-refractivity contribution is 7.94. The molecule has 4 rings (SSSR count). The lowest BCUT2D eigenvalue weighted by Gasteiger charge is -2.25. The van der Waals surface area contributed by atoms with E-state index in [4.69, 9.17) is 9.15 Å². The Labute approximate surface area is 192 Å². The van der Waals surface area contributed by atoms with Gasteiger partial charge in [-0.2, -0.15) is 0 Å². The summed E-state index contributed by atoms with van der Waals surface area (Å²) in [6.07, 6.45) is 0. The summed E-state index contributed by atoms with van der Waals surface area (Å²) < 4.78 is 40.5. The number of hydrogen-bond acceptors (Lipinski definition) is 6. The number of rotatable bonds is 8. The maximum absolute atomic E-state index is 13.6. The SMILES string of the molecule is CCOc1ccccc1N(Cc1nc(-c2cccc(C)c2)oc1C)S(=O)(=O)c1cccs1. The van der Waals surface area contributed by atoms with Crippen molar-refractivity contribution in [2.24, 2.45) is 0 Å². The Morgan fingerprint density at radius 2 is 1.88 bits per heavy atom. The van der Waals surface area contributed by atoms with Crippen LogP contribution in [0.4, 0.5) is 5.69 Å². The Hall–Kier alpha value is -3.10. The molecule has 0 aliphatic rings. The number of para-hydroxylation sites is 2. The summed E-state index contributed by atoms with van der Waals surface area (Å²) in [4.78, 5) is 4.65. The largest absolute Gasteiger partial charge is 0.492 e. The molecule has 0 amide bonds. The van der Waals surface area contributed by atoms with Crippen LogP contribution in [0.2, 0.25) is 0 Å². The monoisotopic (exact) mass is 468 g/mol. The Morgan fingerprint density at radius 1 is 1.06 bits per heavy atom. The highest BCUT2D eigenvalue weighted by atomic mass is 32.2. The number of aromatic nitrogens is 1. The van der Waals surface area contributed by atoms with Gasteiger partial charge in [0.15, 0.2) is 0 Å². The van der Waals surface area contributed by atoms with Crippen molar-refractivity contribution in [3.05, 3.63) is 83.1 Å². The van der Waals surface area contributed by atoms with Gasteiger partial charge in [-0.25, -0.2) is 13.4 Å². The first-order valence-electron chi connectivity index (χ1n) is 10.2.